The third-order valence-electron chi connectivity index (χ3n) is 3.44. The lowest BCUT2D eigenvalue weighted by Gasteiger charge is -2.42. The molecule has 0 spiro atoms. The van der Waals surface area contributed by atoms with Crippen molar-refractivity contribution < 1.29 is 9.50 Å². The second-order valence-electron chi connectivity index (χ2n) is 4.58. The van der Waals surface area contributed by atoms with Crippen LogP contribution >= 0.6 is 0 Å². The Balaban J connectivity index is 2.05. The molecular weight excluding hydrogens is 221 g/mol. The van der Waals surface area contributed by atoms with E-state index >= 15 is 0 Å². The summed E-state index contributed by atoms with van der Waals surface area (Å²) in [7, 11) is 0. The molecule has 94 valence electrons. The van der Waals surface area contributed by atoms with Crippen molar-refractivity contribution in [1.82, 2.24) is 4.98 Å². The molecule has 2 rings (SSSR count). The number of hydrogen-bond acceptors (Lipinski definition) is 4. The number of hydrogen-bond donors (Lipinski definition) is 2. The van der Waals surface area contributed by atoms with Gasteiger partial charge >= 0.3 is 0 Å². The van der Waals surface area contributed by atoms with Crippen LogP contribution in [0.5, 0.6) is 0 Å². The average molecular weight is 239 g/mol. The van der Waals surface area contributed by atoms with Gasteiger partial charge in [-0.1, -0.05) is 0 Å². The SMILES string of the molecule is NC1(CCO)CCN(c2cccnc2)CC1F. The summed E-state index contributed by atoms with van der Waals surface area (Å²) in [4.78, 5) is 5.97. The number of alkyl halides is 1. The Morgan fingerprint density at radius 1 is 1.65 bits per heavy atom. The van der Waals surface area contributed by atoms with Crippen molar-refractivity contribution in [1.29, 1.82) is 0 Å². The second kappa shape index (κ2) is 4.98. The van der Waals surface area contributed by atoms with Gasteiger partial charge in [0.25, 0.3) is 0 Å². The van der Waals surface area contributed by atoms with Gasteiger partial charge in [0.05, 0.1) is 24.0 Å². The van der Waals surface area contributed by atoms with Crippen LogP contribution in [0.15, 0.2) is 24.5 Å². The lowest BCUT2D eigenvalue weighted by Crippen LogP contribution is -2.59. The van der Waals surface area contributed by atoms with Gasteiger partial charge in [-0.05, 0) is 25.0 Å². The summed E-state index contributed by atoms with van der Waals surface area (Å²) < 4.78 is 14.1. The van der Waals surface area contributed by atoms with E-state index in [2.05, 4.69) is 4.98 Å². The van der Waals surface area contributed by atoms with E-state index in [9.17, 15) is 4.39 Å². The molecule has 1 fully saturated rings. The highest BCUT2D eigenvalue weighted by Crippen LogP contribution is 2.28. The van der Waals surface area contributed by atoms with E-state index in [0.29, 0.717) is 19.4 Å². The standard InChI is InChI=1S/C12H18FN3O/c13-11-9-16(10-2-1-5-15-8-10)6-3-12(11,14)4-7-17/h1-2,5,8,11,17H,3-4,6-7,9,14H2. The first-order valence-electron chi connectivity index (χ1n) is 5.84. The van der Waals surface area contributed by atoms with E-state index in [1.165, 1.54) is 0 Å². The topological polar surface area (TPSA) is 62.4 Å². The molecule has 17 heavy (non-hydrogen) atoms. The Hall–Kier alpha value is -1.20. The summed E-state index contributed by atoms with van der Waals surface area (Å²) in [6.45, 7) is 0.897. The van der Waals surface area contributed by atoms with Crippen LogP contribution in [0.3, 0.4) is 0 Å². The first-order chi connectivity index (χ1) is 8.15. The molecule has 2 atom stereocenters. The van der Waals surface area contributed by atoms with Gasteiger partial charge in [-0.3, -0.25) is 4.98 Å². The number of halogens is 1. The third-order valence-corrected chi connectivity index (χ3v) is 3.44. The Kier molecular flexibility index (Phi) is 3.59. The normalized spacial score (nSPS) is 29.4. The zero-order chi connectivity index (χ0) is 12.3. The van der Waals surface area contributed by atoms with Gasteiger partial charge in [0.1, 0.15) is 6.17 Å². The molecular formula is C12H18FN3O. The monoisotopic (exact) mass is 239 g/mol. The number of pyridine rings is 1. The molecule has 1 aromatic rings. The van der Waals surface area contributed by atoms with Crippen molar-refractivity contribution in [2.45, 2.75) is 24.6 Å². The second-order valence-corrected chi connectivity index (χ2v) is 4.58. The minimum atomic E-state index is -1.12. The third kappa shape index (κ3) is 2.56. The predicted octanol–water partition coefficient (Wildman–Crippen LogP) is 0.710. The van der Waals surface area contributed by atoms with Crippen LogP contribution in [0.2, 0.25) is 0 Å². The Morgan fingerprint density at radius 3 is 3.06 bits per heavy atom. The van der Waals surface area contributed by atoms with Crippen molar-refractivity contribution >= 4 is 5.69 Å². The smallest absolute Gasteiger partial charge is 0.135 e. The molecule has 0 aliphatic carbocycles. The molecule has 3 N–H and O–H groups in total. The van der Waals surface area contributed by atoms with Gasteiger partial charge < -0.3 is 15.7 Å². The molecule has 0 aromatic carbocycles. The van der Waals surface area contributed by atoms with Crippen molar-refractivity contribution in [3.63, 3.8) is 0 Å². The summed E-state index contributed by atoms with van der Waals surface area (Å²) in [6.07, 6.45) is 3.16. The van der Waals surface area contributed by atoms with E-state index in [1.807, 2.05) is 17.0 Å². The molecule has 1 aliphatic rings. The molecule has 0 saturated carbocycles. The quantitative estimate of drug-likeness (QED) is 0.815. The average Bonchev–Trinajstić information content (AvgIpc) is 2.34. The van der Waals surface area contributed by atoms with Crippen LogP contribution in [0.25, 0.3) is 0 Å². The highest BCUT2D eigenvalue weighted by molar-refractivity contribution is 5.44. The fourth-order valence-electron chi connectivity index (χ4n) is 2.23. The van der Waals surface area contributed by atoms with Crippen molar-refractivity contribution in [3.8, 4) is 0 Å². The first kappa shape index (κ1) is 12.3. The van der Waals surface area contributed by atoms with Gasteiger partial charge in [0.15, 0.2) is 0 Å². The minimum absolute atomic E-state index is 0.0657. The minimum Gasteiger partial charge on any atom is -0.396 e. The number of piperidine rings is 1. The van der Waals surface area contributed by atoms with Gasteiger partial charge in [0.2, 0.25) is 0 Å². The number of aromatic nitrogens is 1. The van der Waals surface area contributed by atoms with Crippen molar-refractivity contribution in [2.24, 2.45) is 5.73 Å². The molecule has 0 amide bonds. The van der Waals surface area contributed by atoms with Crippen molar-refractivity contribution in [3.05, 3.63) is 24.5 Å². The summed E-state index contributed by atoms with van der Waals surface area (Å²) in [5.74, 6) is 0. The van der Waals surface area contributed by atoms with Gasteiger partial charge in [-0.2, -0.15) is 0 Å². The number of rotatable bonds is 3. The lowest BCUT2D eigenvalue weighted by atomic mass is 9.84. The van der Waals surface area contributed by atoms with E-state index in [4.69, 9.17) is 10.8 Å². The predicted molar refractivity (Wildman–Crippen MR) is 64.6 cm³/mol. The lowest BCUT2D eigenvalue weighted by molar-refractivity contribution is 0.123. The Labute approximate surface area is 100 Å². The number of anilines is 1. The number of aliphatic hydroxyl groups is 1. The van der Waals surface area contributed by atoms with E-state index in [0.717, 1.165) is 5.69 Å². The van der Waals surface area contributed by atoms with Crippen molar-refractivity contribution in [2.75, 3.05) is 24.6 Å². The number of nitrogens with two attached hydrogens (primary N) is 1. The maximum Gasteiger partial charge on any atom is 0.135 e. The zero-order valence-electron chi connectivity index (χ0n) is 9.72. The van der Waals surface area contributed by atoms with Crippen LogP contribution < -0.4 is 10.6 Å². The molecule has 5 heteroatoms. The fraction of sp³-hybridized carbons (Fsp3) is 0.583. The van der Waals surface area contributed by atoms with Crippen LogP contribution in [0.1, 0.15) is 12.8 Å². The molecule has 4 nitrogen and oxygen atoms in total. The molecule has 2 heterocycles. The molecule has 0 radical (unpaired) electrons. The molecule has 2 unspecified atom stereocenters. The summed E-state index contributed by atoms with van der Waals surface area (Å²) in [5.41, 5.74) is 6.01. The van der Waals surface area contributed by atoms with E-state index in [1.54, 1.807) is 12.4 Å². The van der Waals surface area contributed by atoms with E-state index in [-0.39, 0.29) is 13.2 Å². The van der Waals surface area contributed by atoms with Crippen LogP contribution in [0, 0.1) is 0 Å². The Morgan fingerprint density at radius 2 is 2.47 bits per heavy atom. The van der Waals surface area contributed by atoms with Crippen LogP contribution in [0.4, 0.5) is 10.1 Å². The highest BCUT2D eigenvalue weighted by atomic mass is 19.1. The van der Waals surface area contributed by atoms with Crippen LogP contribution in [-0.2, 0) is 0 Å². The van der Waals surface area contributed by atoms with Gasteiger partial charge in [-0.15, -0.1) is 0 Å². The number of aliphatic hydroxyl groups excluding tert-OH is 1. The molecule has 1 aromatic heterocycles. The fourth-order valence-corrected chi connectivity index (χ4v) is 2.23. The maximum atomic E-state index is 14.1. The highest BCUT2D eigenvalue weighted by Gasteiger charge is 2.39. The number of nitrogens with zero attached hydrogens (tertiary/aromatic N) is 2. The molecule has 1 saturated heterocycles. The van der Waals surface area contributed by atoms with Crippen LogP contribution in [-0.4, -0.2) is 41.5 Å². The summed E-state index contributed by atoms with van der Waals surface area (Å²) in [6, 6.07) is 3.75. The maximum absolute atomic E-state index is 14.1. The summed E-state index contributed by atoms with van der Waals surface area (Å²) in [5, 5.41) is 8.91. The van der Waals surface area contributed by atoms with E-state index < -0.39 is 11.7 Å². The Bertz CT molecular complexity index is 362. The van der Waals surface area contributed by atoms with Gasteiger partial charge in [0, 0.05) is 19.3 Å². The van der Waals surface area contributed by atoms with Gasteiger partial charge in [-0.25, -0.2) is 4.39 Å². The molecule has 0 bridgehead atoms. The summed E-state index contributed by atoms with van der Waals surface area (Å²) >= 11 is 0. The first-order valence-corrected chi connectivity index (χ1v) is 5.84. The zero-order valence-corrected chi connectivity index (χ0v) is 9.72. The largest absolute Gasteiger partial charge is 0.396 e. The molecule has 1 aliphatic heterocycles.